The molecule has 0 aliphatic carbocycles. The molecule has 24 heavy (non-hydrogen) atoms. The Bertz CT molecular complexity index is 658. The van der Waals surface area contributed by atoms with Crippen molar-refractivity contribution < 1.29 is 9.53 Å². The second kappa shape index (κ2) is 9.42. The fourth-order valence-electron chi connectivity index (χ4n) is 2.54. The van der Waals surface area contributed by atoms with Gasteiger partial charge in [-0.15, -0.1) is 24.8 Å². The molecule has 130 valence electrons. The third kappa shape index (κ3) is 4.80. The molecule has 2 heterocycles. The summed E-state index contributed by atoms with van der Waals surface area (Å²) in [7, 11) is 0. The van der Waals surface area contributed by atoms with E-state index >= 15 is 0 Å². The summed E-state index contributed by atoms with van der Waals surface area (Å²) in [6.45, 7) is 2.11. The molecule has 8 heteroatoms. The number of ether oxygens (including phenoxy) is 1. The van der Waals surface area contributed by atoms with Crippen molar-refractivity contribution in [1.29, 1.82) is 0 Å². The average molecular weight is 371 g/mol. The highest BCUT2D eigenvalue weighted by Gasteiger charge is 2.26. The summed E-state index contributed by atoms with van der Waals surface area (Å²) in [5, 5.41) is 0. The third-order valence-electron chi connectivity index (χ3n) is 3.75. The van der Waals surface area contributed by atoms with Crippen LogP contribution in [-0.2, 0) is 0 Å². The number of amides is 1. The van der Waals surface area contributed by atoms with Crippen LogP contribution >= 0.6 is 24.8 Å². The van der Waals surface area contributed by atoms with Crippen LogP contribution in [0.3, 0.4) is 0 Å². The van der Waals surface area contributed by atoms with Gasteiger partial charge in [0.1, 0.15) is 5.75 Å². The summed E-state index contributed by atoms with van der Waals surface area (Å²) in [5.74, 6) is 1.39. The Morgan fingerprint density at radius 3 is 2.83 bits per heavy atom. The summed E-state index contributed by atoms with van der Waals surface area (Å²) in [4.78, 5) is 22.4. The molecule has 1 amide bonds. The van der Waals surface area contributed by atoms with Gasteiger partial charge >= 0.3 is 0 Å². The van der Waals surface area contributed by atoms with Crippen LogP contribution in [0.2, 0.25) is 0 Å². The van der Waals surface area contributed by atoms with Crippen LogP contribution in [0.1, 0.15) is 16.8 Å². The van der Waals surface area contributed by atoms with Crippen LogP contribution in [0, 0.1) is 5.92 Å². The van der Waals surface area contributed by atoms with Crippen molar-refractivity contribution in [2.24, 2.45) is 11.7 Å². The molecule has 2 N–H and O–H groups in total. The van der Waals surface area contributed by atoms with Gasteiger partial charge in [0.2, 0.25) is 5.88 Å². The Hall–Kier alpha value is -1.89. The van der Waals surface area contributed by atoms with Crippen LogP contribution in [0.25, 0.3) is 0 Å². The zero-order valence-electron chi connectivity index (χ0n) is 13.0. The second-order valence-electron chi connectivity index (χ2n) is 5.32. The van der Waals surface area contributed by atoms with E-state index in [1.54, 1.807) is 36.7 Å². The lowest BCUT2D eigenvalue weighted by atomic mass is 10.1. The van der Waals surface area contributed by atoms with Crippen LogP contribution in [-0.4, -0.2) is 40.4 Å². The second-order valence-corrected chi connectivity index (χ2v) is 5.32. The van der Waals surface area contributed by atoms with E-state index in [9.17, 15) is 4.79 Å². The first-order chi connectivity index (χ1) is 10.8. The van der Waals surface area contributed by atoms with Gasteiger partial charge in [0.15, 0.2) is 0 Å². The highest BCUT2D eigenvalue weighted by molar-refractivity contribution is 5.94. The summed E-state index contributed by atoms with van der Waals surface area (Å²) in [5.41, 5.74) is 6.28. The highest BCUT2D eigenvalue weighted by Crippen LogP contribution is 2.22. The van der Waals surface area contributed by atoms with E-state index in [1.807, 2.05) is 4.90 Å². The van der Waals surface area contributed by atoms with E-state index in [1.165, 1.54) is 6.20 Å². The predicted molar refractivity (Wildman–Crippen MR) is 96.1 cm³/mol. The molecule has 1 saturated heterocycles. The van der Waals surface area contributed by atoms with E-state index in [4.69, 9.17) is 10.5 Å². The largest absolute Gasteiger partial charge is 0.437 e. The van der Waals surface area contributed by atoms with E-state index < -0.39 is 0 Å². The molecule has 0 saturated carbocycles. The molecule has 0 radical (unpaired) electrons. The van der Waals surface area contributed by atoms with Crippen LogP contribution in [0.5, 0.6) is 11.6 Å². The standard InChI is InChI=1S/C16H18N4O2.2ClH/c17-9-12-4-7-20(11-12)16(21)13-2-1-3-14(8-13)22-15-10-18-5-6-19-15;;/h1-3,5-6,8,10,12H,4,7,9,11,17H2;2*1H. The first kappa shape index (κ1) is 20.2. The van der Waals surface area contributed by atoms with Crippen LogP contribution in [0.4, 0.5) is 0 Å². The Morgan fingerprint density at radius 2 is 2.17 bits per heavy atom. The molecule has 1 unspecified atom stereocenters. The van der Waals surface area contributed by atoms with E-state index in [0.29, 0.717) is 29.7 Å². The van der Waals surface area contributed by atoms with Gasteiger partial charge in [0.25, 0.3) is 5.91 Å². The van der Waals surface area contributed by atoms with Crippen LogP contribution in [0.15, 0.2) is 42.9 Å². The molecular formula is C16H20Cl2N4O2. The zero-order chi connectivity index (χ0) is 15.4. The molecule has 1 aliphatic rings. The summed E-state index contributed by atoms with van der Waals surface area (Å²) in [6.07, 6.45) is 5.63. The quantitative estimate of drug-likeness (QED) is 0.893. The summed E-state index contributed by atoms with van der Waals surface area (Å²) < 4.78 is 5.61. The third-order valence-corrected chi connectivity index (χ3v) is 3.75. The van der Waals surface area contributed by atoms with Gasteiger partial charge in [0.05, 0.1) is 6.20 Å². The number of carbonyl (C=O) groups is 1. The molecule has 1 aromatic carbocycles. The molecule has 0 bridgehead atoms. The number of halogens is 2. The lowest BCUT2D eigenvalue weighted by molar-refractivity contribution is 0.0787. The maximum Gasteiger partial charge on any atom is 0.253 e. The van der Waals surface area contributed by atoms with Crippen LogP contribution < -0.4 is 10.5 Å². The first-order valence-electron chi connectivity index (χ1n) is 7.29. The van der Waals surface area contributed by atoms with E-state index in [2.05, 4.69) is 9.97 Å². The number of aromatic nitrogens is 2. The van der Waals surface area contributed by atoms with Gasteiger partial charge in [-0.05, 0) is 37.1 Å². The van der Waals surface area contributed by atoms with Crippen molar-refractivity contribution in [3.63, 3.8) is 0 Å². The zero-order valence-corrected chi connectivity index (χ0v) is 14.6. The Balaban J connectivity index is 0.00000144. The molecule has 6 nitrogen and oxygen atoms in total. The number of carbonyl (C=O) groups excluding carboxylic acids is 1. The van der Waals surface area contributed by atoms with Gasteiger partial charge < -0.3 is 15.4 Å². The summed E-state index contributed by atoms with van der Waals surface area (Å²) >= 11 is 0. The maximum atomic E-state index is 12.5. The highest BCUT2D eigenvalue weighted by atomic mass is 35.5. The minimum absolute atomic E-state index is 0. The van der Waals surface area contributed by atoms with Gasteiger partial charge in [-0.2, -0.15) is 0 Å². The smallest absolute Gasteiger partial charge is 0.253 e. The fourth-order valence-corrected chi connectivity index (χ4v) is 2.54. The molecule has 1 aromatic heterocycles. The molecular weight excluding hydrogens is 351 g/mol. The maximum absolute atomic E-state index is 12.5. The Morgan fingerprint density at radius 1 is 1.33 bits per heavy atom. The number of benzene rings is 1. The molecule has 2 aromatic rings. The van der Waals surface area contributed by atoms with Crippen molar-refractivity contribution in [3.8, 4) is 11.6 Å². The minimum Gasteiger partial charge on any atom is -0.437 e. The Kier molecular flexibility index (Phi) is 7.91. The molecule has 3 rings (SSSR count). The van der Waals surface area contributed by atoms with E-state index in [-0.39, 0.29) is 30.7 Å². The molecule has 0 spiro atoms. The molecule has 1 fully saturated rings. The van der Waals surface area contributed by atoms with Crippen molar-refractivity contribution in [2.75, 3.05) is 19.6 Å². The van der Waals surface area contributed by atoms with Crippen molar-refractivity contribution >= 4 is 30.7 Å². The number of hydrogen-bond acceptors (Lipinski definition) is 5. The van der Waals surface area contributed by atoms with Gasteiger partial charge in [-0.25, -0.2) is 4.98 Å². The fraction of sp³-hybridized carbons (Fsp3) is 0.312. The number of rotatable bonds is 4. The first-order valence-corrected chi connectivity index (χ1v) is 7.29. The number of nitrogens with zero attached hydrogens (tertiary/aromatic N) is 3. The molecule has 1 atom stereocenters. The lowest BCUT2D eigenvalue weighted by Gasteiger charge is -2.16. The molecule has 1 aliphatic heterocycles. The number of likely N-dealkylation sites (tertiary alicyclic amines) is 1. The minimum atomic E-state index is 0. The van der Waals surface area contributed by atoms with Crippen molar-refractivity contribution in [1.82, 2.24) is 14.9 Å². The van der Waals surface area contributed by atoms with Gasteiger partial charge in [-0.3, -0.25) is 9.78 Å². The average Bonchev–Trinajstić information content (AvgIpc) is 3.04. The normalized spacial score (nSPS) is 16.0. The summed E-state index contributed by atoms with van der Waals surface area (Å²) in [6, 6.07) is 7.11. The van der Waals surface area contributed by atoms with Crippen molar-refractivity contribution in [2.45, 2.75) is 6.42 Å². The monoisotopic (exact) mass is 370 g/mol. The van der Waals surface area contributed by atoms with Gasteiger partial charge in [0, 0.05) is 31.0 Å². The number of nitrogens with two attached hydrogens (primary N) is 1. The topological polar surface area (TPSA) is 81.3 Å². The predicted octanol–water partition coefficient (Wildman–Crippen LogP) is 2.53. The van der Waals surface area contributed by atoms with Gasteiger partial charge in [-0.1, -0.05) is 6.07 Å². The lowest BCUT2D eigenvalue weighted by Crippen LogP contribution is -2.29. The van der Waals surface area contributed by atoms with Crippen molar-refractivity contribution in [3.05, 3.63) is 48.4 Å². The SMILES string of the molecule is Cl.Cl.NCC1CCN(C(=O)c2cccc(Oc3cnccn3)c2)C1. The Labute approximate surface area is 153 Å². The number of hydrogen-bond donors (Lipinski definition) is 1. The van der Waals surface area contributed by atoms with E-state index in [0.717, 1.165) is 19.5 Å².